The molecular weight excluding hydrogens is 453 g/mol. The monoisotopic (exact) mass is 489 g/mol. The summed E-state index contributed by atoms with van der Waals surface area (Å²) in [6.07, 6.45) is 0.261. The number of amidine groups is 1. The van der Waals surface area contributed by atoms with Crippen molar-refractivity contribution in [3.63, 3.8) is 0 Å². The first-order valence-electron chi connectivity index (χ1n) is 11.8. The van der Waals surface area contributed by atoms with E-state index in [4.69, 9.17) is 21.4 Å². The van der Waals surface area contributed by atoms with E-state index in [1.165, 1.54) is 22.3 Å². The standard InChI is InChI=1S/C22H30FN7O3.C2H6/c1-3-28(4-2)9-10-30(25)27-21(24)20-8-5-15(12-26-20)18-7-6-16(11-19(18)23)29-13-17(14-31)33-22(29)32;1-2/h5-8,11-12,17,31H,3-4,9-10,13-14,25H2,1-2H3,(H2,24,27);1-2H3. The van der Waals surface area contributed by atoms with Crippen LogP contribution in [-0.4, -0.2) is 77.5 Å². The third-order valence-corrected chi connectivity index (χ3v) is 5.45. The van der Waals surface area contributed by atoms with E-state index >= 15 is 0 Å². The van der Waals surface area contributed by atoms with Crippen LogP contribution < -0.4 is 16.5 Å². The third kappa shape index (κ3) is 7.35. The van der Waals surface area contributed by atoms with Crippen LogP contribution in [0.1, 0.15) is 33.4 Å². The number of rotatable bonds is 10. The number of benzene rings is 1. The summed E-state index contributed by atoms with van der Waals surface area (Å²) in [5.74, 6) is 5.55. The summed E-state index contributed by atoms with van der Waals surface area (Å²) in [6.45, 7) is 11.2. The second-order valence-corrected chi connectivity index (χ2v) is 7.57. The highest BCUT2D eigenvalue weighted by atomic mass is 19.1. The average molecular weight is 490 g/mol. The van der Waals surface area contributed by atoms with Gasteiger partial charge < -0.3 is 20.5 Å². The van der Waals surface area contributed by atoms with Gasteiger partial charge in [-0.2, -0.15) is 0 Å². The van der Waals surface area contributed by atoms with Gasteiger partial charge in [-0.05, 0) is 37.4 Å². The van der Waals surface area contributed by atoms with E-state index in [9.17, 15) is 9.18 Å². The van der Waals surface area contributed by atoms with Gasteiger partial charge in [-0.1, -0.05) is 33.8 Å². The van der Waals surface area contributed by atoms with Gasteiger partial charge in [-0.3, -0.25) is 9.88 Å². The van der Waals surface area contributed by atoms with Gasteiger partial charge in [0, 0.05) is 23.9 Å². The number of halogens is 1. The number of carbonyl (C=O) groups is 1. The number of ether oxygens (including phenoxy) is 1. The van der Waals surface area contributed by atoms with E-state index in [0.29, 0.717) is 29.1 Å². The third-order valence-electron chi connectivity index (χ3n) is 5.45. The smallest absolute Gasteiger partial charge is 0.414 e. The molecule has 1 aliphatic heterocycles. The Morgan fingerprint density at radius 3 is 2.51 bits per heavy atom. The molecule has 0 saturated carbocycles. The maximum atomic E-state index is 14.8. The number of likely N-dealkylation sites (N-methyl/N-ethyl adjacent to an activating group) is 1. The summed E-state index contributed by atoms with van der Waals surface area (Å²) in [6, 6.07) is 7.76. The minimum atomic E-state index is -0.620. The van der Waals surface area contributed by atoms with E-state index in [1.807, 2.05) is 13.8 Å². The Hall–Kier alpha value is -3.28. The van der Waals surface area contributed by atoms with Crippen molar-refractivity contribution in [1.29, 1.82) is 0 Å². The van der Waals surface area contributed by atoms with Gasteiger partial charge in [0.15, 0.2) is 5.84 Å². The molecule has 11 heteroatoms. The number of cyclic esters (lactones) is 1. The zero-order valence-corrected chi connectivity index (χ0v) is 20.8. The van der Waals surface area contributed by atoms with Crippen molar-refractivity contribution >= 4 is 17.6 Å². The summed E-state index contributed by atoms with van der Waals surface area (Å²) in [4.78, 5) is 19.7. The first kappa shape index (κ1) is 28.0. The molecule has 0 spiro atoms. The zero-order chi connectivity index (χ0) is 26.0. The number of aliphatic hydroxyl groups is 1. The molecule has 1 aliphatic rings. The van der Waals surface area contributed by atoms with E-state index in [0.717, 1.165) is 19.6 Å². The zero-order valence-electron chi connectivity index (χ0n) is 20.8. The Morgan fingerprint density at radius 1 is 1.26 bits per heavy atom. The maximum Gasteiger partial charge on any atom is 0.414 e. The van der Waals surface area contributed by atoms with Crippen molar-refractivity contribution in [3.8, 4) is 11.1 Å². The molecule has 5 N–H and O–H groups in total. The number of anilines is 1. The lowest BCUT2D eigenvalue weighted by atomic mass is 10.1. The van der Waals surface area contributed by atoms with Crippen LogP contribution in [0.5, 0.6) is 0 Å². The van der Waals surface area contributed by atoms with Gasteiger partial charge in [-0.15, -0.1) is 5.10 Å². The number of carbonyl (C=O) groups excluding carboxylic acids is 1. The molecule has 1 saturated heterocycles. The summed E-state index contributed by atoms with van der Waals surface area (Å²) in [5.41, 5.74) is 7.65. The van der Waals surface area contributed by atoms with Crippen LogP contribution in [0, 0.1) is 5.82 Å². The van der Waals surface area contributed by atoms with Crippen molar-refractivity contribution in [3.05, 3.63) is 48.0 Å². The molecule has 1 aromatic carbocycles. The van der Waals surface area contributed by atoms with E-state index in [2.05, 4.69) is 28.8 Å². The van der Waals surface area contributed by atoms with Gasteiger partial charge >= 0.3 is 6.09 Å². The van der Waals surface area contributed by atoms with Crippen LogP contribution in [0.3, 0.4) is 0 Å². The molecule has 1 unspecified atom stereocenters. The number of nitrogens with zero attached hydrogens (tertiary/aromatic N) is 5. The second kappa shape index (κ2) is 13.6. The number of hydrogen-bond donors (Lipinski definition) is 3. The highest BCUT2D eigenvalue weighted by Crippen LogP contribution is 2.28. The quantitative estimate of drug-likeness (QED) is 0.200. The number of pyridine rings is 1. The van der Waals surface area contributed by atoms with Crippen molar-refractivity contribution in [2.45, 2.75) is 33.8 Å². The fraction of sp³-hybridized carbons (Fsp3) is 0.458. The minimum Gasteiger partial charge on any atom is -0.441 e. The van der Waals surface area contributed by atoms with Crippen molar-refractivity contribution < 1.29 is 19.0 Å². The normalized spacial score (nSPS) is 15.7. The number of aliphatic hydroxyl groups excluding tert-OH is 1. The first-order valence-corrected chi connectivity index (χ1v) is 11.8. The van der Waals surface area contributed by atoms with E-state index in [-0.39, 0.29) is 19.0 Å². The molecule has 2 heterocycles. The number of aromatic nitrogens is 1. The molecule has 10 nitrogen and oxygen atoms in total. The maximum absolute atomic E-state index is 14.8. The molecular formula is C24H36FN7O3. The topological polar surface area (TPSA) is 134 Å². The number of hydrazine groups is 1. The molecule has 35 heavy (non-hydrogen) atoms. The molecule has 3 rings (SSSR count). The fourth-order valence-corrected chi connectivity index (χ4v) is 3.46. The second-order valence-electron chi connectivity index (χ2n) is 7.57. The van der Waals surface area contributed by atoms with E-state index in [1.54, 1.807) is 24.3 Å². The molecule has 1 atom stereocenters. The Balaban J connectivity index is 0.00000210. The average Bonchev–Trinajstić information content (AvgIpc) is 3.26. The molecule has 192 valence electrons. The van der Waals surface area contributed by atoms with Crippen LogP contribution in [0.4, 0.5) is 14.9 Å². The summed E-state index contributed by atoms with van der Waals surface area (Å²) in [7, 11) is 0. The Bertz CT molecular complexity index is 984. The Kier molecular flexibility index (Phi) is 10.8. The first-order chi connectivity index (χ1) is 16.9. The number of hydrogen-bond acceptors (Lipinski definition) is 8. The number of nitrogens with two attached hydrogens (primary N) is 2. The van der Waals surface area contributed by atoms with Crippen molar-refractivity contribution in [1.82, 2.24) is 15.0 Å². The molecule has 0 radical (unpaired) electrons. The highest BCUT2D eigenvalue weighted by molar-refractivity contribution is 5.95. The molecule has 1 amide bonds. The largest absolute Gasteiger partial charge is 0.441 e. The lowest BCUT2D eigenvalue weighted by molar-refractivity contribution is 0.0963. The molecule has 2 aromatic rings. The van der Waals surface area contributed by atoms with Gasteiger partial charge in [0.2, 0.25) is 0 Å². The van der Waals surface area contributed by atoms with Gasteiger partial charge in [0.05, 0.1) is 25.4 Å². The Morgan fingerprint density at radius 2 is 1.97 bits per heavy atom. The van der Waals surface area contributed by atoms with Gasteiger partial charge in [-0.25, -0.2) is 20.1 Å². The molecule has 1 fully saturated rings. The summed E-state index contributed by atoms with van der Waals surface area (Å²) >= 11 is 0. The van der Waals surface area contributed by atoms with Crippen LogP contribution in [-0.2, 0) is 4.74 Å². The van der Waals surface area contributed by atoms with Crippen molar-refractivity contribution in [2.75, 3.05) is 44.2 Å². The van der Waals surface area contributed by atoms with E-state index < -0.39 is 18.0 Å². The van der Waals surface area contributed by atoms with Crippen LogP contribution in [0.15, 0.2) is 41.6 Å². The molecule has 0 aliphatic carbocycles. The summed E-state index contributed by atoms with van der Waals surface area (Å²) < 4.78 is 19.8. The highest BCUT2D eigenvalue weighted by Gasteiger charge is 2.32. The number of amides is 1. The predicted octanol–water partition coefficient (Wildman–Crippen LogP) is 2.37. The van der Waals surface area contributed by atoms with Gasteiger partial charge in [0.1, 0.15) is 17.6 Å². The molecule has 0 bridgehead atoms. The van der Waals surface area contributed by atoms with Crippen LogP contribution in [0.2, 0.25) is 0 Å². The molecule has 1 aromatic heterocycles. The van der Waals surface area contributed by atoms with Crippen molar-refractivity contribution in [2.24, 2.45) is 16.7 Å². The lowest BCUT2D eigenvalue weighted by Gasteiger charge is -2.21. The summed E-state index contributed by atoms with van der Waals surface area (Å²) in [5, 5.41) is 14.6. The van der Waals surface area contributed by atoms with Gasteiger partial charge in [0.25, 0.3) is 0 Å². The van der Waals surface area contributed by atoms with Crippen LogP contribution in [0.25, 0.3) is 11.1 Å². The number of hydrazone groups is 1. The van der Waals surface area contributed by atoms with Crippen LogP contribution >= 0.6 is 0 Å². The lowest BCUT2D eigenvalue weighted by Crippen LogP contribution is -2.37. The fourth-order valence-electron chi connectivity index (χ4n) is 3.46. The Labute approximate surface area is 205 Å². The predicted molar refractivity (Wildman–Crippen MR) is 135 cm³/mol. The minimum absolute atomic E-state index is 0.158. The SMILES string of the molecule is CC.CCN(CC)CCN(N)/N=C(\N)c1ccc(-c2ccc(N3CC(CO)OC3=O)cc2F)cn1.